The fourth-order valence-electron chi connectivity index (χ4n) is 2.78. The van der Waals surface area contributed by atoms with Crippen molar-refractivity contribution in [1.29, 1.82) is 0 Å². The number of nitrogens with zero attached hydrogens (tertiary/aromatic N) is 3. The third-order valence-corrected chi connectivity index (χ3v) is 4.54. The van der Waals surface area contributed by atoms with Crippen molar-refractivity contribution < 1.29 is 0 Å². The summed E-state index contributed by atoms with van der Waals surface area (Å²) in [6.45, 7) is 9.95. The molecular formula is C15H32IN5. The molecule has 0 aromatic heterocycles. The predicted molar refractivity (Wildman–Crippen MR) is 100 cm³/mol. The highest BCUT2D eigenvalue weighted by Crippen LogP contribution is 2.24. The fourth-order valence-corrected chi connectivity index (χ4v) is 2.78. The minimum atomic E-state index is 0. The second kappa shape index (κ2) is 9.84. The number of hydrogen-bond acceptors (Lipinski definition) is 3. The molecule has 1 aliphatic heterocycles. The molecule has 21 heavy (non-hydrogen) atoms. The van der Waals surface area contributed by atoms with E-state index in [0.717, 1.165) is 25.6 Å². The van der Waals surface area contributed by atoms with E-state index >= 15 is 0 Å². The smallest absolute Gasteiger partial charge is 0.188 e. The van der Waals surface area contributed by atoms with Crippen molar-refractivity contribution in [3.63, 3.8) is 0 Å². The van der Waals surface area contributed by atoms with E-state index in [4.69, 9.17) is 5.73 Å². The van der Waals surface area contributed by atoms with E-state index in [1.807, 2.05) is 0 Å². The van der Waals surface area contributed by atoms with Gasteiger partial charge in [-0.1, -0.05) is 13.3 Å². The van der Waals surface area contributed by atoms with Crippen LogP contribution in [0.2, 0.25) is 0 Å². The topological polar surface area (TPSA) is 56.9 Å². The third kappa shape index (κ3) is 7.15. The number of hydrogen-bond donors (Lipinski definition) is 2. The summed E-state index contributed by atoms with van der Waals surface area (Å²) in [6, 6.07) is 0. The molecular weight excluding hydrogens is 377 g/mol. The Bertz CT molecular complexity index is 311. The Balaban J connectivity index is 0.00000220. The lowest BCUT2D eigenvalue weighted by Gasteiger charge is -2.33. The van der Waals surface area contributed by atoms with E-state index < -0.39 is 0 Å². The Morgan fingerprint density at radius 3 is 2.52 bits per heavy atom. The molecule has 0 aromatic carbocycles. The number of nitrogens with two attached hydrogens (primary N) is 1. The number of piperazine rings is 1. The molecule has 1 atom stereocenters. The lowest BCUT2D eigenvalue weighted by molar-refractivity contribution is 0.140. The SMILES string of the molecule is CC(CN=C(N)NCC1CCC1)CN1CCN(C)CC1.I. The first-order chi connectivity index (χ1) is 9.63. The molecule has 1 saturated carbocycles. The van der Waals surface area contributed by atoms with Crippen molar-refractivity contribution >= 4 is 29.9 Å². The molecule has 0 spiro atoms. The summed E-state index contributed by atoms with van der Waals surface area (Å²) in [5, 5.41) is 3.26. The zero-order chi connectivity index (χ0) is 14.4. The Morgan fingerprint density at radius 2 is 1.95 bits per heavy atom. The Labute approximate surface area is 146 Å². The monoisotopic (exact) mass is 409 g/mol. The first kappa shape index (κ1) is 19.0. The maximum Gasteiger partial charge on any atom is 0.188 e. The first-order valence-electron chi connectivity index (χ1n) is 8.08. The van der Waals surface area contributed by atoms with Crippen LogP contribution in [0.3, 0.4) is 0 Å². The average molecular weight is 409 g/mol. The zero-order valence-electron chi connectivity index (χ0n) is 13.6. The van der Waals surface area contributed by atoms with Crippen LogP contribution in [0.4, 0.5) is 0 Å². The van der Waals surface area contributed by atoms with Gasteiger partial charge in [0.2, 0.25) is 0 Å². The second-order valence-corrected chi connectivity index (χ2v) is 6.61. The van der Waals surface area contributed by atoms with E-state index in [2.05, 4.69) is 34.1 Å². The number of halogens is 1. The van der Waals surface area contributed by atoms with Gasteiger partial charge in [-0.25, -0.2) is 0 Å². The van der Waals surface area contributed by atoms with Gasteiger partial charge in [-0.05, 0) is 31.7 Å². The van der Waals surface area contributed by atoms with Gasteiger partial charge >= 0.3 is 0 Å². The zero-order valence-corrected chi connectivity index (χ0v) is 15.9. The van der Waals surface area contributed by atoms with Crippen molar-refractivity contribution in [2.75, 3.05) is 52.9 Å². The summed E-state index contributed by atoms with van der Waals surface area (Å²) >= 11 is 0. The van der Waals surface area contributed by atoms with Crippen LogP contribution in [-0.4, -0.2) is 68.6 Å². The maximum absolute atomic E-state index is 5.92. The fraction of sp³-hybridized carbons (Fsp3) is 0.933. The van der Waals surface area contributed by atoms with Crippen LogP contribution in [0, 0.1) is 11.8 Å². The van der Waals surface area contributed by atoms with Crippen molar-refractivity contribution in [3.8, 4) is 0 Å². The van der Waals surface area contributed by atoms with Gasteiger partial charge in [0.05, 0.1) is 0 Å². The lowest BCUT2D eigenvalue weighted by atomic mass is 9.85. The van der Waals surface area contributed by atoms with Gasteiger partial charge in [-0.15, -0.1) is 24.0 Å². The molecule has 124 valence electrons. The molecule has 1 unspecified atom stereocenters. The van der Waals surface area contributed by atoms with Gasteiger partial charge in [0, 0.05) is 45.8 Å². The van der Waals surface area contributed by atoms with Crippen LogP contribution in [0.5, 0.6) is 0 Å². The summed E-state index contributed by atoms with van der Waals surface area (Å²) < 4.78 is 0. The van der Waals surface area contributed by atoms with Gasteiger partial charge in [0.25, 0.3) is 0 Å². The van der Waals surface area contributed by atoms with E-state index in [-0.39, 0.29) is 24.0 Å². The lowest BCUT2D eigenvalue weighted by Crippen LogP contribution is -2.46. The van der Waals surface area contributed by atoms with E-state index in [1.54, 1.807) is 0 Å². The standard InChI is InChI=1S/C15H31N5.HI/c1-13(12-20-8-6-19(2)7-9-20)10-17-15(16)18-11-14-4-3-5-14;/h13-14H,3-12H2,1-2H3,(H3,16,17,18);1H. The summed E-state index contributed by atoms with van der Waals surface area (Å²) in [7, 11) is 2.19. The minimum absolute atomic E-state index is 0. The number of rotatable bonds is 6. The number of guanidine groups is 1. The molecule has 3 N–H and O–H groups in total. The first-order valence-corrected chi connectivity index (χ1v) is 8.08. The van der Waals surface area contributed by atoms with Crippen molar-refractivity contribution in [2.45, 2.75) is 26.2 Å². The third-order valence-electron chi connectivity index (χ3n) is 4.54. The van der Waals surface area contributed by atoms with E-state index in [1.165, 1.54) is 45.4 Å². The molecule has 1 saturated heterocycles. The summed E-state index contributed by atoms with van der Waals surface area (Å²) in [4.78, 5) is 9.41. The molecule has 1 heterocycles. The highest BCUT2D eigenvalue weighted by atomic mass is 127. The van der Waals surface area contributed by atoms with Gasteiger partial charge in [-0.3, -0.25) is 4.99 Å². The van der Waals surface area contributed by atoms with Crippen molar-refractivity contribution in [2.24, 2.45) is 22.6 Å². The molecule has 2 rings (SSSR count). The molecule has 1 aliphatic carbocycles. The highest BCUT2D eigenvalue weighted by Gasteiger charge is 2.17. The molecule has 2 fully saturated rings. The number of likely N-dealkylation sites (N-methyl/N-ethyl adjacent to an activating group) is 1. The van der Waals surface area contributed by atoms with Gasteiger partial charge < -0.3 is 20.9 Å². The van der Waals surface area contributed by atoms with Gasteiger partial charge in [0.1, 0.15) is 0 Å². The Kier molecular flexibility index (Phi) is 8.89. The molecule has 0 bridgehead atoms. The second-order valence-electron chi connectivity index (χ2n) is 6.61. The highest BCUT2D eigenvalue weighted by molar-refractivity contribution is 14.0. The summed E-state index contributed by atoms with van der Waals surface area (Å²) in [5.41, 5.74) is 5.92. The van der Waals surface area contributed by atoms with Crippen LogP contribution in [0.1, 0.15) is 26.2 Å². The Hall–Kier alpha value is -0.0800. The normalized spacial score (nSPS) is 23.2. The Morgan fingerprint density at radius 1 is 1.29 bits per heavy atom. The quantitative estimate of drug-likeness (QED) is 0.393. The minimum Gasteiger partial charge on any atom is -0.370 e. The number of nitrogens with one attached hydrogen (secondary N) is 1. The number of aliphatic imine (C=N–C) groups is 1. The molecule has 6 heteroatoms. The predicted octanol–water partition coefficient (Wildman–Crippen LogP) is 1.19. The largest absolute Gasteiger partial charge is 0.370 e. The van der Waals surface area contributed by atoms with Gasteiger partial charge in [-0.2, -0.15) is 0 Å². The summed E-state index contributed by atoms with van der Waals surface area (Å²) in [6.07, 6.45) is 4.08. The molecule has 0 radical (unpaired) electrons. The van der Waals surface area contributed by atoms with Gasteiger partial charge in [0.15, 0.2) is 5.96 Å². The van der Waals surface area contributed by atoms with E-state index in [9.17, 15) is 0 Å². The van der Waals surface area contributed by atoms with Crippen molar-refractivity contribution in [1.82, 2.24) is 15.1 Å². The van der Waals surface area contributed by atoms with Crippen LogP contribution in [0.25, 0.3) is 0 Å². The van der Waals surface area contributed by atoms with Crippen LogP contribution in [0.15, 0.2) is 4.99 Å². The molecule has 0 amide bonds. The average Bonchev–Trinajstić information content (AvgIpc) is 2.37. The van der Waals surface area contributed by atoms with Crippen molar-refractivity contribution in [3.05, 3.63) is 0 Å². The van der Waals surface area contributed by atoms with Crippen LogP contribution in [-0.2, 0) is 0 Å². The molecule has 0 aromatic rings. The van der Waals surface area contributed by atoms with Crippen LogP contribution < -0.4 is 11.1 Å². The summed E-state index contributed by atoms with van der Waals surface area (Å²) in [5.74, 6) is 2.02. The molecule has 5 nitrogen and oxygen atoms in total. The van der Waals surface area contributed by atoms with E-state index in [0.29, 0.717) is 11.9 Å². The maximum atomic E-state index is 5.92. The van der Waals surface area contributed by atoms with Crippen LogP contribution >= 0.6 is 24.0 Å². The molecule has 2 aliphatic rings.